The number of nitrogens with one attached hydrogen (secondary N) is 2. The number of carbonyl (C=O) groups excluding carboxylic acids is 1. The van der Waals surface area contributed by atoms with Crippen LogP contribution in [0.1, 0.15) is 16.2 Å². The number of hydrogen-bond acceptors (Lipinski definition) is 2. The van der Waals surface area contributed by atoms with Crippen molar-refractivity contribution in [3.05, 3.63) is 90.5 Å². The SMILES string of the molecule is O=C(/C=C(\OB(F)F)c1[nH]cc2c3ccc4ccc5ccc6ccc(c12)c1c6c5c4c31)c1ccc[nH]1. The van der Waals surface area contributed by atoms with Crippen LogP contribution in [0.3, 0.4) is 0 Å². The van der Waals surface area contributed by atoms with Crippen molar-refractivity contribution in [1.82, 2.24) is 9.97 Å². The second kappa shape index (κ2) is 6.73. The smallest absolute Gasteiger partial charge is 0.503 e. The molecule has 0 atom stereocenters. The lowest BCUT2D eigenvalue weighted by molar-refractivity contribution is 0.104. The summed E-state index contributed by atoms with van der Waals surface area (Å²) in [5, 5.41) is 13.1. The van der Waals surface area contributed by atoms with Crippen molar-refractivity contribution in [1.29, 1.82) is 0 Å². The normalized spacial score (nSPS) is 13.0. The van der Waals surface area contributed by atoms with Crippen LogP contribution in [0.15, 0.2) is 79.1 Å². The maximum absolute atomic E-state index is 13.5. The van der Waals surface area contributed by atoms with E-state index in [4.69, 9.17) is 4.65 Å². The fourth-order valence-electron chi connectivity index (χ4n) is 6.05. The largest absolute Gasteiger partial charge is 0.796 e. The summed E-state index contributed by atoms with van der Waals surface area (Å²) < 4.78 is 32.0. The van der Waals surface area contributed by atoms with Gasteiger partial charge in [0.05, 0.1) is 11.4 Å². The molecule has 8 rings (SSSR count). The van der Waals surface area contributed by atoms with E-state index < -0.39 is 13.3 Å². The second-order valence-electron chi connectivity index (χ2n) is 9.19. The van der Waals surface area contributed by atoms with Crippen molar-refractivity contribution in [2.75, 3.05) is 0 Å². The summed E-state index contributed by atoms with van der Waals surface area (Å²) in [5.74, 6) is -0.648. The highest BCUT2D eigenvalue weighted by atomic mass is 19.2. The van der Waals surface area contributed by atoms with Crippen molar-refractivity contribution in [3.63, 3.8) is 0 Å². The maximum atomic E-state index is 13.5. The van der Waals surface area contributed by atoms with Crippen molar-refractivity contribution >= 4 is 83.6 Å². The Hall–Kier alpha value is -4.65. The molecule has 36 heavy (non-hydrogen) atoms. The monoisotopic (exact) mass is 472 g/mol. The highest BCUT2D eigenvalue weighted by Crippen LogP contribution is 2.51. The molecule has 170 valence electrons. The molecule has 2 N–H and O–H groups in total. The van der Waals surface area contributed by atoms with Gasteiger partial charge in [-0.1, -0.05) is 48.5 Å². The Labute approximate surface area is 202 Å². The number of H-pyrrole nitrogens is 2. The van der Waals surface area contributed by atoms with Gasteiger partial charge < -0.3 is 14.6 Å². The quantitative estimate of drug-likeness (QED) is 0.0885. The first-order valence-corrected chi connectivity index (χ1v) is 11.6. The molecule has 0 spiro atoms. The zero-order chi connectivity index (χ0) is 24.1. The first-order valence-electron chi connectivity index (χ1n) is 11.6. The van der Waals surface area contributed by atoms with Crippen LogP contribution >= 0.6 is 0 Å². The second-order valence-corrected chi connectivity index (χ2v) is 9.19. The summed E-state index contributed by atoms with van der Waals surface area (Å²) in [6, 6.07) is 20.2. The lowest BCUT2D eigenvalue weighted by Crippen LogP contribution is -2.07. The van der Waals surface area contributed by atoms with Crippen LogP contribution in [0.25, 0.3) is 70.4 Å². The average Bonchev–Trinajstić information content (AvgIpc) is 3.63. The number of fused-ring (bicyclic) bond motifs is 3. The molecule has 0 aliphatic rings. The molecule has 8 aromatic rings. The molecule has 0 saturated carbocycles. The van der Waals surface area contributed by atoms with Gasteiger partial charge in [0.25, 0.3) is 0 Å². The summed E-state index contributed by atoms with van der Waals surface area (Å²) in [7, 11) is -3.09. The molecule has 4 nitrogen and oxygen atoms in total. The standard InChI is InChI=1S/C29H15BF2N2O2/c31-30(32)36-22(12-21(35)20-2-1-11-33-20)29-26-18-10-8-16-6-4-14-3-5-15-7-9-17(19(26)13-34-29)27-24(15)23(14)25(16)28(18)27/h1-13,33-34H/b22-12-. The zero-order valence-corrected chi connectivity index (χ0v) is 18.7. The fraction of sp³-hybridized carbons (Fsp3) is 0. The fourth-order valence-corrected chi connectivity index (χ4v) is 6.05. The van der Waals surface area contributed by atoms with Crippen LogP contribution in [0.2, 0.25) is 0 Å². The van der Waals surface area contributed by atoms with E-state index in [1.54, 1.807) is 18.3 Å². The van der Waals surface area contributed by atoms with Gasteiger partial charge in [-0.25, -0.2) is 8.63 Å². The molecule has 2 heterocycles. The van der Waals surface area contributed by atoms with E-state index in [0.29, 0.717) is 11.4 Å². The van der Waals surface area contributed by atoms with Crippen molar-refractivity contribution < 1.29 is 18.1 Å². The van der Waals surface area contributed by atoms with Gasteiger partial charge in [-0.15, -0.1) is 0 Å². The lowest BCUT2D eigenvalue weighted by atomic mass is 9.94. The van der Waals surface area contributed by atoms with E-state index in [9.17, 15) is 13.4 Å². The van der Waals surface area contributed by atoms with E-state index in [0.717, 1.165) is 38.4 Å². The molecule has 0 aliphatic carbocycles. The molecule has 0 saturated heterocycles. The highest BCUT2D eigenvalue weighted by Gasteiger charge is 2.27. The van der Waals surface area contributed by atoms with Gasteiger partial charge in [-0.05, 0) is 66.0 Å². The van der Waals surface area contributed by atoms with Crippen LogP contribution in [0, 0.1) is 0 Å². The third-order valence-corrected chi connectivity index (χ3v) is 7.43. The number of aromatic nitrogens is 2. The van der Waals surface area contributed by atoms with Gasteiger partial charge in [-0.3, -0.25) is 4.79 Å². The Bertz CT molecular complexity index is 2120. The molecular formula is C29H15BF2N2O2. The minimum atomic E-state index is -3.09. The Morgan fingerprint density at radius 1 is 0.722 bits per heavy atom. The van der Waals surface area contributed by atoms with E-state index in [1.165, 1.54) is 32.3 Å². The summed E-state index contributed by atoms with van der Waals surface area (Å²) in [6.45, 7) is 0. The van der Waals surface area contributed by atoms with Gasteiger partial charge in [0.2, 0.25) is 5.78 Å². The topological polar surface area (TPSA) is 57.9 Å². The highest BCUT2D eigenvalue weighted by molar-refractivity contribution is 6.48. The van der Waals surface area contributed by atoms with Gasteiger partial charge in [0.15, 0.2) is 0 Å². The summed E-state index contributed by atoms with van der Waals surface area (Å²) in [6.07, 6.45) is 4.55. The molecular weight excluding hydrogens is 457 g/mol. The lowest BCUT2D eigenvalue weighted by Gasteiger charge is -2.11. The van der Waals surface area contributed by atoms with Crippen LogP contribution in [-0.2, 0) is 4.65 Å². The number of allylic oxidation sites excluding steroid dienone is 1. The number of carbonyl (C=O) groups is 1. The predicted molar refractivity (Wildman–Crippen MR) is 142 cm³/mol. The van der Waals surface area contributed by atoms with Gasteiger partial charge in [0, 0.05) is 29.2 Å². The van der Waals surface area contributed by atoms with E-state index in [-0.39, 0.29) is 5.76 Å². The molecule has 7 heteroatoms. The minimum Gasteiger partial charge on any atom is -0.503 e. The first-order chi connectivity index (χ1) is 17.6. The van der Waals surface area contributed by atoms with Gasteiger partial charge >= 0.3 is 7.47 Å². The maximum Gasteiger partial charge on any atom is 0.796 e. The third kappa shape index (κ3) is 2.39. The van der Waals surface area contributed by atoms with Crippen LogP contribution < -0.4 is 0 Å². The van der Waals surface area contributed by atoms with E-state index in [2.05, 4.69) is 52.4 Å². The Morgan fingerprint density at radius 3 is 1.97 bits per heavy atom. The van der Waals surface area contributed by atoms with Crippen molar-refractivity contribution in [3.8, 4) is 0 Å². The third-order valence-electron chi connectivity index (χ3n) is 7.43. The molecule has 6 aromatic carbocycles. The Kier molecular flexibility index (Phi) is 3.67. The number of benzene rings is 5. The van der Waals surface area contributed by atoms with Crippen LogP contribution in [-0.4, -0.2) is 23.2 Å². The predicted octanol–water partition coefficient (Wildman–Crippen LogP) is 7.74. The Balaban J connectivity index is 1.53. The molecule has 0 amide bonds. The number of halogens is 2. The molecule has 0 aliphatic heterocycles. The number of ketones is 1. The summed E-state index contributed by atoms with van der Waals surface area (Å²) >= 11 is 0. The van der Waals surface area contributed by atoms with Gasteiger partial charge in [-0.2, -0.15) is 0 Å². The number of aromatic amines is 2. The molecule has 0 fully saturated rings. The van der Waals surface area contributed by atoms with Crippen LogP contribution in [0.5, 0.6) is 0 Å². The number of rotatable bonds is 5. The first kappa shape index (κ1) is 19.6. The van der Waals surface area contributed by atoms with Crippen LogP contribution in [0.4, 0.5) is 8.63 Å². The van der Waals surface area contributed by atoms with Gasteiger partial charge in [0.1, 0.15) is 5.76 Å². The molecule has 0 unspecified atom stereocenters. The minimum absolute atomic E-state index is 0.198. The molecule has 2 aromatic heterocycles. The Morgan fingerprint density at radius 2 is 1.33 bits per heavy atom. The zero-order valence-electron chi connectivity index (χ0n) is 18.7. The average molecular weight is 472 g/mol. The molecule has 0 radical (unpaired) electrons. The summed E-state index contributed by atoms with van der Waals surface area (Å²) in [5.41, 5.74) is 0.648. The van der Waals surface area contributed by atoms with E-state index in [1.807, 2.05) is 12.3 Å². The number of hydrogen-bond donors (Lipinski definition) is 2. The van der Waals surface area contributed by atoms with E-state index >= 15 is 0 Å². The van der Waals surface area contributed by atoms with Crippen molar-refractivity contribution in [2.45, 2.75) is 0 Å². The molecule has 0 bridgehead atoms. The van der Waals surface area contributed by atoms with Crippen molar-refractivity contribution in [2.24, 2.45) is 0 Å². The summed E-state index contributed by atoms with van der Waals surface area (Å²) in [4.78, 5) is 18.8.